The summed E-state index contributed by atoms with van der Waals surface area (Å²) in [7, 11) is 1.67. The molecule has 0 bridgehead atoms. The standard InChI is InChI=1S/C19H17F4NO/c1-24(11-12-2-8-15(20)9-3-12)18(25)17-10-16(17)13-4-6-14(7-5-13)19(21,22)23/h2-9,16-17H,10-11H2,1H3. The number of carbonyl (C=O) groups excluding carboxylic acids is 1. The molecule has 0 aromatic heterocycles. The van der Waals surface area contributed by atoms with Crippen molar-refractivity contribution in [2.75, 3.05) is 7.05 Å². The van der Waals surface area contributed by atoms with E-state index < -0.39 is 11.7 Å². The Kier molecular flexibility index (Phi) is 4.54. The molecular weight excluding hydrogens is 334 g/mol. The Hall–Kier alpha value is -2.37. The lowest BCUT2D eigenvalue weighted by atomic mass is 10.1. The Morgan fingerprint density at radius 1 is 1.08 bits per heavy atom. The minimum Gasteiger partial charge on any atom is -0.341 e. The fourth-order valence-electron chi connectivity index (χ4n) is 2.98. The van der Waals surface area contributed by atoms with Crippen LogP contribution in [0, 0.1) is 11.7 Å². The van der Waals surface area contributed by atoms with Crippen molar-refractivity contribution in [3.63, 3.8) is 0 Å². The summed E-state index contributed by atoms with van der Waals surface area (Å²) in [6.45, 7) is 0.370. The van der Waals surface area contributed by atoms with Crippen molar-refractivity contribution in [2.45, 2.75) is 25.1 Å². The molecule has 2 unspecified atom stereocenters. The number of halogens is 4. The van der Waals surface area contributed by atoms with Crippen LogP contribution in [0.4, 0.5) is 17.6 Å². The lowest BCUT2D eigenvalue weighted by molar-refractivity contribution is -0.137. The molecule has 0 aliphatic heterocycles. The van der Waals surface area contributed by atoms with Gasteiger partial charge in [0.25, 0.3) is 0 Å². The third kappa shape index (κ3) is 4.00. The van der Waals surface area contributed by atoms with Gasteiger partial charge in [-0.3, -0.25) is 4.79 Å². The topological polar surface area (TPSA) is 20.3 Å². The maximum atomic E-state index is 12.9. The van der Waals surface area contributed by atoms with Gasteiger partial charge in [0, 0.05) is 19.5 Å². The monoisotopic (exact) mass is 351 g/mol. The van der Waals surface area contributed by atoms with Crippen molar-refractivity contribution < 1.29 is 22.4 Å². The maximum absolute atomic E-state index is 12.9. The number of amides is 1. The van der Waals surface area contributed by atoms with Gasteiger partial charge in [-0.15, -0.1) is 0 Å². The highest BCUT2D eigenvalue weighted by molar-refractivity contribution is 5.82. The molecule has 2 aromatic carbocycles. The summed E-state index contributed by atoms with van der Waals surface area (Å²) in [5.74, 6) is -0.621. The number of nitrogens with zero attached hydrogens (tertiary/aromatic N) is 1. The van der Waals surface area contributed by atoms with E-state index in [4.69, 9.17) is 0 Å². The number of carbonyl (C=O) groups is 1. The van der Waals surface area contributed by atoms with Crippen molar-refractivity contribution in [2.24, 2.45) is 5.92 Å². The average molecular weight is 351 g/mol. The van der Waals surface area contributed by atoms with Crippen LogP contribution in [-0.2, 0) is 17.5 Å². The Morgan fingerprint density at radius 3 is 2.24 bits per heavy atom. The first-order chi connectivity index (χ1) is 11.8. The summed E-state index contributed by atoms with van der Waals surface area (Å²) >= 11 is 0. The molecule has 1 amide bonds. The molecule has 3 rings (SSSR count). The van der Waals surface area contributed by atoms with Gasteiger partial charge in [-0.05, 0) is 47.7 Å². The van der Waals surface area contributed by atoms with Crippen LogP contribution in [0.2, 0.25) is 0 Å². The first-order valence-electron chi connectivity index (χ1n) is 7.92. The van der Waals surface area contributed by atoms with Crippen LogP contribution in [0.15, 0.2) is 48.5 Å². The molecule has 2 nitrogen and oxygen atoms in total. The van der Waals surface area contributed by atoms with Gasteiger partial charge in [0.05, 0.1) is 5.56 Å². The summed E-state index contributed by atoms with van der Waals surface area (Å²) < 4.78 is 50.7. The lowest BCUT2D eigenvalue weighted by Crippen LogP contribution is -2.28. The number of hydrogen-bond acceptors (Lipinski definition) is 1. The van der Waals surface area contributed by atoms with E-state index in [1.807, 2.05) is 0 Å². The summed E-state index contributed by atoms with van der Waals surface area (Å²) in [5, 5.41) is 0. The smallest absolute Gasteiger partial charge is 0.341 e. The van der Waals surface area contributed by atoms with Crippen LogP contribution in [-0.4, -0.2) is 17.9 Å². The van der Waals surface area contributed by atoms with Crippen molar-refractivity contribution in [1.82, 2.24) is 4.90 Å². The normalized spacial score (nSPS) is 19.6. The second-order valence-corrected chi connectivity index (χ2v) is 6.39. The second-order valence-electron chi connectivity index (χ2n) is 6.39. The van der Waals surface area contributed by atoms with E-state index in [0.29, 0.717) is 13.0 Å². The van der Waals surface area contributed by atoms with Crippen LogP contribution < -0.4 is 0 Å². The molecule has 0 spiro atoms. The van der Waals surface area contributed by atoms with Gasteiger partial charge < -0.3 is 4.90 Å². The van der Waals surface area contributed by atoms with Crippen LogP contribution >= 0.6 is 0 Å². The zero-order valence-electron chi connectivity index (χ0n) is 13.6. The Balaban J connectivity index is 1.60. The average Bonchev–Trinajstić information content (AvgIpc) is 3.36. The van der Waals surface area contributed by atoms with E-state index in [1.165, 1.54) is 24.3 Å². The first-order valence-corrected chi connectivity index (χ1v) is 7.92. The van der Waals surface area contributed by atoms with Crippen molar-refractivity contribution in [1.29, 1.82) is 0 Å². The highest BCUT2D eigenvalue weighted by Gasteiger charge is 2.45. The Labute approximate surface area is 143 Å². The van der Waals surface area contributed by atoms with Crippen LogP contribution in [0.3, 0.4) is 0 Å². The highest BCUT2D eigenvalue weighted by Crippen LogP contribution is 2.48. The first kappa shape index (κ1) is 17.5. The summed E-state index contributed by atoms with van der Waals surface area (Å²) in [6, 6.07) is 10.9. The van der Waals surface area contributed by atoms with Gasteiger partial charge in [0.15, 0.2) is 0 Å². The van der Waals surface area contributed by atoms with Crippen molar-refractivity contribution >= 4 is 5.91 Å². The predicted molar refractivity (Wildman–Crippen MR) is 85.2 cm³/mol. The molecule has 0 N–H and O–H groups in total. The van der Waals surface area contributed by atoms with Gasteiger partial charge >= 0.3 is 6.18 Å². The van der Waals surface area contributed by atoms with Crippen molar-refractivity contribution in [3.8, 4) is 0 Å². The van der Waals surface area contributed by atoms with Gasteiger partial charge in [-0.1, -0.05) is 24.3 Å². The van der Waals surface area contributed by atoms with Gasteiger partial charge in [-0.25, -0.2) is 4.39 Å². The van der Waals surface area contributed by atoms with Crippen LogP contribution in [0.5, 0.6) is 0 Å². The molecule has 0 saturated heterocycles. The number of rotatable bonds is 4. The molecular formula is C19H17F4NO. The van der Waals surface area contributed by atoms with Crippen LogP contribution in [0.1, 0.15) is 29.0 Å². The quantitative estimate of drug-likeness (QED) is 0.737. The molecule has 1 aliphatic carbocycles. The second kappa shape index (κ2) is 6.50. The largest absolute Gasteiger partial charge is 0.416 e. The van der Waals surface area contributed by atoms with E-state index >= 15 is 0 Å². The van der Waals surface area contributed by atoms with Gasteiger partial charge in [-0.2, -0.15) is 13.2 Å². The van der Waals surface area contributed by atoms with E-state index in [2.05, 4.69) is 0 Å². The molecule has 0 heterocycles. The SMILES string of the molecule is CN(Cc1ccc(F)cc1)C(=O)C1CC1c1ccc(C(F)(F)F)cc1. The minimum atomic E-state index is -4.35. The van der Waals surface area contributed by atoms with Crippen LogP contribution in [0.25, 0.3) is 0 Å². The third-order valence-electron chi connectivity index (χ3n) is 4.48. The molecule has 1 fully saturated rings. The molecule has 132 valence electrons. The fourth-order valence-corrected chi connectivity index (χ4v) is 2.98. The Bertz CT molecular complexity index is 752. The molecule has 2 atom stereocenters. The lowest BCUT2D eigenvalue weighted by Gasteiger charge is -2.17. The van der Waals surface area contributed by atoms with E-state index in [9.17, 15) is 22.4 Å². The van der Waals surface area contributed by atoms with E-state index in [-0.39, 0.29) is 23.6 Å². The van der Waals surface area contributed by atoms with E-state index in [0.717, 1.165) is 23.3 Å². The molecule has 25 heavy (non-hydrogen) atoms. The summed E-state index contributed by atoms with van der Waals surface area (Å²) in [4.78, 5) is 14.0. The zero-order valence-corrected chi connectivity index (χ0v) is 13.6. The third-order valence-corrected chi connectivity index (χ3v) is 4.48. The minimum absolute atomic E-state index is 0.0366. The van der Waals surface area contributed by atoms with Gasteiger partial charge in [0.2, 0.25) is 5.91 Å². The predicted octanol–water partition coefficient (Wildman–Crippen LogP) is 4.61. The number of hydrogen-bond donors (Lipinski definition) is 0. The molecule has 6 heteroatoms. The molecule has 1 aliphatic rings. The number of benzene rings is 2. The molecule has 2 aromatic rings. The summed E-state index contributed by atoms with van der Waals surface area (Å²) in [5.41, 5.74) is 0.888. The zero-order chi connectivity index (χ0) is 18.2. The van der Waals surface area contributed by atoms with Gasteiger partial charge in [0.1, 0.15) is 5.82 Å². The molecule has 1 saturated carbocycles. The fraction of sp³-hybridized carbons (Fsp3) is 0.316. The summed E-state index contributed by atoms with van der Waals surface area (Å²) in [6.07, 6.45) is -3.72. The highest BCUT2D eigenvalue weighted by atomic mass is 19.4. The Morgan fingerprint density at radius 2 is 1.68 bits per heavy atom. The number of alkyl halides is 3. The van der Waals surface area contributed by atoms with Crippen molar-refractivity contribution in [3.05, 3.63) is 71.0 Å². The van der Waals surface area contributed by atoms with E-state index in [1.54, 1.807) is 24.1 Å². The maximum Gasteiger partial charge on any atom is 0.416 e. The molecule has 0 radical (unpaired) electrons.